The van der Waals surface area contributed by atoms with Crippen LogP contribution in [0.3, 0.4) is 0 Å². The van der Waals surface area contributed by atoms with Crippen molar-refractivity contribution >= 4 is 6.29 Å². The monoisotopic (exact) mass is 276 g/mol. The van der Waals surface area contributed by atoms with Crippen LogP contribution in [0.15, 0.2) is 36.0 Å². The van der Waals surface area contributed by atoms with Gasteiger partial charge < -0.3 is 14.6 Å². The summed E-state index contributed by atoms with van der Waals surface area (Å²) in [4.78, 5) is 0. The first-order valence-corrected chi connectivity index (χ1v) is 5.05. The van der Waals surface area contributed by atoms with Crippen molar-refractivity contribution in [3.63, 3.8) is 0 Å². The van der Waals surface area contributed by atoms with Crippen LogP contribution in [0, 0.1) is 0 Å². The third-order valence-electron chi connectivity index (χ3n) is 2.06. The van der Waals surface area contributed by atoms with Gasteiger partial charge in [-0.1, -0.05) is 0 Å². The van der Waals surface area contributed by atoms with Gasteiger partial charge in [-0.2, -0.15) is 13.2 Å². The number of alkyl halides is 3. The lowest BCUT2D eigenvalue weighted by molar-refractivity contribution is -0.389. The molecule has 0 aliphatic heterocycles. The molecule has 104 valence electrons. The van der Waals surface area contributed by atoms with Gasteiger partial charge in [0.15, 0.2) is 5.95 Å². The zero-order valence-corrected chi connectivity index (χ0v) is 10.2. The Kier molecular flexibility index (Phi) is 4.80. The van der Waals surface area contributed by atoms with Crippen LogP contribution in [-0.4, -0.2) is 26.7 Å². The number of allylic oxidation sites excluding steroid dienone is 1. The minimum absolute atomic E-state index is 0.339. The Morgan fingerprint density at radius 2 is 1.79 bits per heavy atom. The molecule has 0 spiro atoms. The molecule has 1 rings (SSSR count). The molecule has 0 radical (unpaired) electrons. The maximum atomic E-state index is 12.5. The van der Waals surface area contributed by atoms with Crippen LogP contribution in [0.5, 0.6) is 5.75 Å². The molecule has 0 heterocycles. The zero-order valence-electron chi connectivity index (χ0n) is 10.2. The van der Waals surface area contributed by atoms with Gasteiger partial charge in [-0.05, 0) is 31.4 Å². The zero-order chi connectivity index (χ0) is 14.5. The van der Waals surface area contributed by atoms with Gasteiger partial charge in [0.05, 0.1) is 12.7 Å². The van der Waals surface area contributed by atoms with Crippen molar-refractivity contribution in [1.29, 1.82) is 0 Å². The fourth-order valence-corrected chi connectivity index (χ4v) is 1.13. The number of carbonyl (C=O) groups excluding carboxylic acids is 1. The summed E-state index contributed by atoms with van der Waals surface area (Å²) in [7, 11) is 2.30. The second-order valence-electron chi connectivity index (χ2n) is 3.33. The van der Waals surface area contributed by atoms with E-state index in [0.717, 1.165) is 13.4 Å². The van der Waals surface area contributed by atoms with Gasteiger partial charge in [0, 0.05) is 0 Å². The Morgan fingerprint density at radius 1 is 1.21 bits per heavy atom. The van der Waals surface area contributed by atoms with Crippen LogP contribution in [0.1, 0.15) is 9.99 Å². The number of hydrogen-bond acceptors (Lipinski definition) is 3. The summed E-state index contributed by atoms with van der Waals surface area (Å²) in [5, 5.41) is 10.9. The van der Waals surface area contributed by atoms with Crippen molar-refractivity contribution in [3.8, 4) is 5.75 Å². The Balaban J connectivity index is 2.99. The van der Waals surface area contributed by atoms with Gasteiger partial charge in [0.1, 0.15) is 5.75 Å². The number of benzene rings is 1. The maximum Gasteiger partial charge on any atom is 0.512 e. The summed E-state index contributed by atoms with van der Waals surface area (Å²) >= 11 is 0. The quantitative estimate of drug-likeness (QED) is 0.478. The van der Waals surface area contributed by atoms with E-state index in [0.29, 0.717) is 11.3 Å². The van der Waals surface area contributed by atoms with Gasteiger partial charge in [0.25, 0.3) is 0 Å². The SMILES string of the molecule is CO/C([O-])=C(/[O+]=Cc1ccc(OC)cc1)C(F)(F)F. The van der Waals surface area contributed by atoms with Crippen LogP contribution in [-0.2, 0) is 4.74 Å². The molecule has 0 saturated heterocycles. The van der Waals surface area contributed by atoms with E-state index in [4.69, 9.17) is 4.74 Å². The summed E-state index contributed by atoms with van der Waals surface area (Å²) in [5.74, 6) is -2.77. The Labute approximate surface area is 107 Å². The molecule has 1 aromatic rings. The molecule has 0 aliphatic rings. The number of hydrogen-bond donors (Lipinski definition) is 0. The maximum absolute atomic E-state index is 12.5. The third kappa shape index (κ3) is 4.20. The van der Waals surface area contributed by atoms with Crippen LogP contribution in [0.25, 0.3) is 0 Å². The Morgan fingerprint density at radius 3 is 2.21 bits per heavy atom. The lowest BCUT2D eigenvalue weighted by Crippen LogP contribution is -2.20. The lowest BCUT2D eigenvalue weighted by Gasteiger charge is -2.07. The molecule has 1 aromatic carbocycles. The third-order valence-corrected chi connectivity index (χ3v) is 2.06. The van der Waals surface area contributed by atoms with E-state index in [1.54, 1.807) is 12.1 Å². The highest BCUT2D eigenvalue weighted by Crippen LogP contribution is 2.27. The van der Waals surface area contributed by atoms with Crippen molar-refractivity contribution < 1.29 is 32.2 Å². The Bertz CT molecular complexity index is 475. The highest BCUT2D eigenvalue weighted by atomic mass is 19.4. The first kappa shape index (κ1) is 14.9. The summed E-state index contributed by atoms with van der Waals surface area (Å²) in [6, 6.07) is 6.04. The number of halogens is 3. The fraction of sp³-hybridized carbons (Fsp3) is 0.250. The first-order valence-electron chi connectivity index (χ1n) is 5.05. The molecule has 4 nitrogen and oxygen atoms in total. The molecule has 0 atom stereocenters. The van der Waals surface area contributed by atoms with Gasteiger partial charge in [-0.15, -0.1) is 0 Å². The largest absolute Gasteiger partial charge is 0.610 e. The Hall–Kier alpha value is -2.18. The molecule has 7 heteroatoms. The summed E-state index contributed by atoms with van der Waals surface area (Å²) in [6.45, 7) is 0. The number of ether oxygens (including phenoxy) is 2. The van der Waals surface area contributed by atoms with E-state index in [9.17, 15) is 18.3 Å². The van der Waals surface area contributed by atoms with Crippen molar-refractivity contribution in [2.75, 3.05) is 14.2 Å². The van der Waals surface area contributed by atoms with Gasteiger partial charge in [0.2, 0.25) is 0 Å². The van der Waals surface area contributed by atoms with Crippen molar-refractivity contribution in [2.45, 2.75) is 6.18 Å². The summed E-state index contributed by atoms with van der Waals surface area (Å²) in [6.07, 6.45) is -4.12. The van der Waals surface area contributed by atoms with Gasteiger partial charge in [-0.3, -0.25) is 0 Å². The van der Waals surface area contributed by atoms with E-state index in [1.165, 1.54) is 19.2 Å². The fourth-order valence-electron chi connectivity index (χ4n) is 1.13. The molecule has 0 aromatic heterocycles. The van der Waals surface area contributed by atoms with E-state index in [2.05, 4.69) is 9.16 Å². The normalized spacial score (nSPS) is 13.3. The molecule has 0 unspecified atom stereocenters. The molecular weight excluding hydrogens is 265 g/mol. The average Bonchev–Trinajstić information content (AvgIpc) is 2.37. The van der Waals surface area contributed by atoms with E-state index in [-0.39, 0.29) is 0 Å². The van der Waals surface area contributed by atoms with E-state index < -0.39 is 17.9 Å². The second-order valence-corrected chi connectivity index (χ2v) is 3.33. The first-order chi connectivity index (χ1) is 8.88. The van der Waals surface area contributed by atoms with Crippen LogP contribution in [0.4, 0.5) is 13.2 Å². The smallest absolute Gasteiger partial charge is 0.512 e. The predicted molar refractivity (Wildman–Crippen MR) is 58.5 cm³/mol. The molecule has 0 saturated carbocycles. The molecular formula is C12H11F3O4. The summed E-state index contributed by atoms with van der Waals surface area (Å²) < 4.78 is 50.7. The predicted octanol–water partition coefficient (Wildman–Crippen LogP) is 1.78. The molecule has 19 heavy (non-hydrogen) atoms. The lowest BCUT2D eigenvalue weighted by atomic mass is 10.2. The number of methoxy groups -OCH3 is 2. The minimum Gasteiger partial charge on any atom is -0.610 e. The van der Waals surface area contributed by atoms with Crippen molar-refractivity contribution in [3.05, 3.63) is 41.5 Å². The topological polar surface area (TPSA) is 52.8 Å². The molecule has 0 bridgehead atoms. The van der Waals surface area contributed by atoms with Crippen molar-refractivity contribution in [1.82, 2.24) is 0 Å². The van der Waals surface area contributed by atoms with Crippen molar-refractivity contribution in [2.24, 2.45) is 0 Å². The van der Waals surface area contributed by atoms with E-state index in [1.807, 2.05) is 0 Å². The number of rotatable bonds is 4. The average molecular weight is 276 g/mol. The molecule has 0 aliphatic carbocycles. The molecule has 0 fully saturated rings. The van der Waals surface area contributed by atoms with E-state index >= 15 is 0 Å². The van der Waals surface area contributed by atoms with Gasteiger partial charge in [-0.25, -0.2) is 4.42 Å². The minimum atomic E-state index is -4.92. The number of aldehydes is 1. The molecule has 0 N–H and O–H groups in total. The van der Waals surface area contributed by atoms with Gasteiger partial charge >= 0.3 is 18.2 Å². The highest BCUT2D eigenvalue weighted by molar-refractivity contribution is 5.75. The second kappa shape index (κ2) is 6.12. The van der Waals surface area contributed by atoms with Crippen LogP contribution < -0.4 is 9.84 Å². The molecule has 0 amide bonds. The standard InChI is InChI=1S/C12H11F3O4/c1-17-9-5-3-8(4-6-9)7-19-10(11(16)18-2)12(13,14)15/h3-7H,1-2H3/b11-10+. The summed E-state index contributed by atoms with van der Waals surface area (Å²) in [5.41, 5.74) is 0.339. The van der Waals surface area contributed by atoms with Crippen LogP contribution >= 0.6 is 0 Å². The van der Waals surface area contributed by atoms with Crippen LogP contribution in [0.2, 0.25) is 0 Å². The highest BCUT2D eigenvalue weighted by Gasteiger charge is 2.46.